The largest absolute Gasteiger partial charge is 0.459 e. The zero-order valence-electron chi connectivity index (χ0n) is 16.2. The summed E-state index contributed by atoms with van der Waals surface area (Å²) in [6.07, 6.45) is 1.79. The van der Waals surface area contributed by atoms with Crippen LogP contribution >= 0.6 is 39.7 Å². The molecule has 0 unspecified atom stereocenters. The number of hydrogen-bond donors (Lipinski definition) is 1. The number of anilines is 1. The summed E-state index contributed by atoms with van der Waals surface area (Å²) in [6, 6.07) is 25.2. The Hall–Kier alpha value is -2.67. The van der Waals surface area contributed by atoms with Gasteiger partial charge in [0, 0.05) is 26.9 Å². The third-order valence-corrected chi connectivity index (χ3v) is 6.35. The molecule has 7 heteroatoms. The van der Waals surface area contributed by atoms with Crippen LogP contribution in [-0.2, 0) is 0 Å². The van der Waals surface area contributed by atoms with E-state index >= 15 is 0 Å². The fourth-order valence-electron chi connectivity index (χ4n) is 3.80. The van der Waals surface area contributed by atoms with Gasteiger partial charge in [-0.3, -0.25) is 4.98 Å². The van der Waals surface area contributed by atoms with Crippen molar-refractivity contribution in [3.63, 3.8) is 0 Å². The van der Waals surface area contributed by atoms with Crippen LogP contribution in [0.3, 0.4) is 0 Å². The van der Waals surface area contributed by atoms with Crippen LogP contribution in [0.1, 0.15) is 23.5 Å². The molecular weight excluding hydrogens is 494 g/mol. The van der Waals surface area contributed by atoms with Crippen molar-refractivity contribution in [3.05, 3.63) is 106 Å². The van der Waals surface area contributed by atoms with E-state index in [1.807, 2.05) is 78.9 Å². The Morgan fingerprint density at radius 2 is 1.74 bits per heavy atom. The molecule has 2 atom stereocenters. The number of hydrogen-bond acceptors (Lipinski definition) is 3. The molecule has 3 heterocycles. The van der Waals surface area contributed by atoms with Gasteiger partial charge >= 0.3 is 0 Å². The summed E-state index contributed by atoms with van der Waals surface area (Å²) in [7, 11) is 0. The predicted molar refractivity (Wildman–Crippen MR) is 131 cm³/mol. The Balaban J connectivity index is 1.59. The van der Waals surface area contributed by atoms with Crippen LogP contribution in [0.15, 0.2) is 93.9 Å². The summed E-state index contributed by atoms with van der Waals surface area (Å²) in [5.74, 6) is 1.58. The SMILES string of the molecule is S=C1N[C@@H](c2ccccn2)[C@@H](c2ccc(-c3ccc(Cl)cc3)o2)N1c1ccc(Br)cc1. The maximum Gasteiger partial charge on any atom is 0.174 e. The molecule has 2 aromatic carbocycles. The van der Waals surface area contributed by atoms with E-state index in [1.54, 1.807) is 6.20 Å². The predicted octanol–water partition coefficient (Wildman–Crippen LogP) is 6.93. The number of halogens is 2. The molecule has 1 N–H and O–H groups in total. The van der Waals surface area contributed by atoms with E-state index < -0.39 is 0 Å². The maximum absolute atomic E-state index is 6.35. The molecule has 1 saturated heterocycles. The lowest BCUT2D eigenvalue weighted by Gasteiger charge is -2.26. The van der Waals surface area contributed by atoms with E-state index in [4.69, 9.17) is 28.2 Å². The first-order valence-corrected chi connectivity index (χ1v) is 11.3. The van der Waals surface area contributed by atoms with Gasteiger partial charge in [-0.1, -0.05) is 33.6 Å². The molecular formula is C24H17BrClN3OS. The highest BCUT2D eigenvalue weighted by atomic mass is 79.9. The second-order valence-corrected chi connectivity index (χ2v) is 8.92. The van der Waals surface area contributed by atoms with Crippen molar-refractivity contribution in [2.45, 2.75) is 12.1 Å². The van der Waals surface area contributed by atoms with Crippen molar-refractivity contribution in [2.24, 2.45) is 0 Å². The molecule has 0 spiro atoms. The minimum Gasteiger partial charge on any atom is -0.459 e. The van der Waals surface area contributed by atoms with Gasteiger partial charge < -0.3 is 14.6 Å². The second-order valence-electron chi connectivity index (χ2n) is 7.18. The lowest BCUT2D eigenvalue weighted by molar-refractivity contribution is 0.439. The molecule has 1 fully saturated rings. The molecule has 5 rings (SSSR count). The molecule has 31 heavy (non-hydrogen) atoms. The molecule has 0 aliphatic carbocycles. The first-order valence-electron chi connectivity index (χ1n) is 9.72. The summed E-state index contributed by atoms with van der Waals surface area (Å²) in [6.45, 7) is 0. The van der Waals surface area contributed by atoms with Crippen molar-refractivity contribution in [1.29, 1.82) is 0 Å². The Bertz CT molecular complexity index is 1210. The van der Waals surface area contributed by atoms with Crippen LogP contribution < -0.4 is 10.2 Å². The van der Waals surface area contributed by atoms with Crippen molar-refractivity contribution in [1.82, 2.24) is 10.3 Å². The van der Waals surface area contributed by atoms with Crippen molar-refractivity contribution in [3.8, 4) is 11.3 Å². The fourth-order valence-corrected chi connectivity index (χ4v) is 4.54. The Morgan fingerprint density at radius 1 is 0.968 bits per heavy atom. The standard InChI is InChI=1S/C24H17BrClN3OS/c25-16-6-10-18(11-7-16)29-23(22(28-24(29)31)19-3-1-2-14-27-19)21-13-12-20(30-21)15-4-8-17(26)9-5-15/h1-14,22-23H,(H,28,31)/t22-,23+/m0/s1. The monoisotopic (exact) mass is 509 g/mol. The van der Waals surface area contributed by atoms with Gasteiger partial charge in [-0.2, -0.15) is 0 Å². The van der Waals surface area contributed by atoms with Crippen molar-refractivity contribution >= 4 is 50.5 Å². The summed E-state index contributed by atoms with van der Waals surface area (Å²) in [5, 5.41) is 4.77. The minimum atomic E-state index is -0.190. The van der Waals surface area contributed by atoms with Gasteiger partial charge in [-0.05, 0) is 85.0 Å². The Labute approximate surface area is 199 Å². The van der Waals surface area contributed by atoms with Gasteiger partial charge in [0.15, 0.2) is 5.11 Å². The number of nitrogens with one attached hydrogen (secondary N) is 1. The highest BCUT2D eigenvalue weighted by molar-refractivity contribution is 9.10. The lowest BCUT2D eigenvalue weighted by Crippen LogP contribution is -2.29. The zero-order valence-corrected chi connectivity index (χ0v) is 19.4. The first-order chi connectivity index (χ1) is 15.1. The fraction of sp³-hybridized carbons (Fsp3) is 0.0833. The van der Waals surface area contributed by atoms with Gasteiger partial charge in [0.05, 0.1) is 11.7 Å². The average molecular weight is 511 g/mol. The van der Waals surface area contributed by atoms with E-state index in [1.165, 1.54) is 0 Å². The maximum atomic E-state index is 6.35. The van der Waals surface area contributed by atoms with Crippen LogP contribution in [0.5, 0.6) is 0 Å². The lowest BCUT2D eigenvalue weighted by atomic mass is 10.0. The first kappa shape index (κ1) is 20.2. The topological polar surface area (TPSA) is 41.3 Å². The zero-order chi connectivity index (χ0) is 21.4. The van der Waals surface area contributed by atoms with Gasteiger partial charge in [0.1, 0.15) is 17.6 Å². The number of pyridine rings is 1. The van der Waals surface area contributed by atoms with Crippen LogP contribution in [0.25, 0.3) is 11.3 Å². The molecule has 0 bridgehead atoms. The van der Waals surface area contributed by atoms with E-state index in [2.05, 4.69) is 31.1 Å². The molecule has 4 nitrogen and oxygen atoms in total. The number of rotatable bonds is 4. The van der Waals surface area contributed by atoms with E-state index in [9.17, 15) is 0 Å². The Kier molecular flexibility index (Phi) is 5.52. The summed E-state index contributed by atoms with van der Waals surface area (Å²) < 4.78 is 7.36. The second kappa shape index (κ2) is 8.46. The summed E-state index contributed by atoms with van der Waals surface area (Å²) in [5.41, 5.74) is 2.85. The van der Waals surface area contributed by atoms with E-state index in [0.29, 0.717) is 10.1 Å². The van der Waals surface area contributed by atoms with Crippen LogP contribution in [0.4, 0.5) is 5.69 Å². The summed E-state index contributed by atoms with van der Waals surface area (Å²) in [4.78, 5) is 6.66. The average Bonchev–Trinajstić information content (AvgIpc) is 3.40. The smallest absolute Gasteiger partial charge is 0.174 e. The van der Waals surface area contributed by atoms with Crippen molar-refractivity contribution in [2.75, 3.05) is 4.90 Å². The number of nitrogens with zero attached hydrogens (tertiary/aromatic N) is 2. The van der Waals surface area contributed by atoms with E-state index in [0.717, 1.165) is 32.9 Å². The molecule has 0 saturated carbocycles. The highest BCUT2D eigenvalue weighted by Gasteiger charge is 2.42. The van der Waals surface area contributed by atoms with Gasteiger partial charge in [-0.25, -0.2) is 0 Å². The normalized spacial score (nSPS) is 18.3. The van der Waals surface area contributed by atoms with Gasteiger partial charge in [0.2, 0.25) is 0 Å². The van der Waals surface area contributed by atoms with Crippen molar-refractivity contribution < 1.29 is 4.42 Å². The molecule has 0 radical (unpaired) electrons. The van der Waals surface area contributed by atoms with E-state index in [-0.39, 0.29) is 12.1 Å². The number of thiocarbonyl (C=S) groups is 1. The summed E-state index contributed by atoms with van der Waals surface area (Å²) >= 11 is 15.3. The minimum absolute atomic E-state index is 0.151. The van der Waals surface area contributed by atoms with Crippen LogP contribution in [0.2, 0.25) is 5.02 Å². The van der Waals surface area contributed by atoms with Gasteiger partial charge in [-0.15, -0.1) is 0 Å². The molecule has 154 valence electrons. The third-order valence-electron chi connectivity index (χ3n) is 5.25. The molecule has 4 aromatic rings. The number of furan rings is 1. The van der Waals surface area contributed by atoms with Gasteiger partial charge in [0.25, 0.3) is 0 Å². The quantitative estimate of drug-likeness (QED) is 0.301. The molecule has 1 aliphatic rings. The molecule has 1 aliphatic heterocycles. The Morgan fingerprint density at radius 3 is 2.45 bits per heavy atom. The van der Waals surface area contributed by atoms with Crippen LogP contribution in [0, 0.1) is 0 Å². The molecule has 2 aromatic heterocycles. The highest BCUT2D eigenvalue weighted by Crippen LogP contribution is 2.43. The number of benzene rings is 2. The van der Waals surface area contributed by atoms with Crippen LogP contribution in [-0.4, -0.2) is 10.1 Å². The number of aromatic nitrogens is 1. The molecule has 0 amide bonds. The third kappa shape index (κ3) is 3.99.